The van der Waals surface area contributed by atoms with Crippen LogP contribution in [0.25, 0.3) is 5.57 Å². The van der Waals surface area contributed by atoms with Gasteiger partial charge in [0.25, 0.3) is 0 Å². The summed E-state index contributed by atoms with van der Waals surface area (Å²) in [4.78, 5) is 9.23. The fraction of sp³-hybridized carbons (Fsp3) is 0.640. The van der Waals surface area contributed by atoms with E-state index in [0.29, 0.717) is 24.6 Å². The van der Waals surface area contributed by atoms with Gasteiger partial charge in [-0.15, -0.1) is 0 Å². The van der Waals surface area contributed by atoms with Gasteiger partial charge in [0.15, 0.2) is 12.5 Å². The Bertz CT molecular complexity index is 1080. The Morgan fingerprint density at radius 3 is 2.73 bits per heavy atom. The highest BCUT2D eigenvalue weighted by atomic mass is 19.4. The van der Waals surface area contributed by atoms with E-state index in [2.05, 4.69) is 32.1 Å². The van der Waals surface area contributed by atoms with E-state index >= 15 is 0 Å². The van der Waals surface area contributed by atoms with E-state index in [4.69, 9.17) is 9.72 Å². The molecule has 1 fully saturated rings. The second-order valence-corrected chi connectivity index (χ2v) is 10.5. The van der Waals surface area contributed by atoms with Crippen LogP contribution in [0.4, 0.5) is 24.8 Å². The SMILES string of the molecule is Cc1cnc(Nc2cnn(CC(C)(C)O)c2)nc1/C1=C/CCCCC[C@H](NC2OC2NCC(F)(F)F)C1. The van der Waals surface area contributed by atoms with Gasteiger partial charge < -0.3 is 15.2 Å². The molecule has 1 saturated heterocycles. The van der Waals surface area contributed by atoms with Gasteiger partial charge in [0.2, 0.25) is 5.95 Å². The number of rotatable bonds is 9. The lowest BCUT2D eigenvalue weighted by atomic mass is 9.97. The third-order valence-electron chi connectivity index (χ3n) is 6.22. The number of nitrogens with zero attached hydrogens (tertiary/aromatic N) is 4. The number of hydrogen-bond acceptors (Lipinski definition) is 8. The summed E-state index contributed by atoms with van der Waals surface area (Å²) in [5.41, 5.74) is 2.70. The van der Waals surface area contributed by atoms with Crippen molar-refractivity contribution < 1.29 is 23.0 Å². The van der Waals surface area contributed by atoms with Crippen molar-refractivity contribution in [3.8, 4) is 0 Å². The molecule has 0 spiro atoms. The molecule has 0 amide bonds. The first-order valence-electron chi connectivity index (χ1n) is 12.7. The number of aryl methyl sites for hydroxylation is 1. The van der Waals surface area contributed by atoms with Gasteiger partial charge in [-0.3, -0.25) is 15.3 Å². The summed E-state index contributed by atoms with van der Waals surface area (Å²) in [6.07, 6.45) is 7.84. The quantitative estimate of drug-likeness (QED) is 0.365. The van der Waals surface area contributed by atoms with Gasteiger partial charge in [-0.1, -0.05) is 18.9 Å². The molecule has 12 heteroatoms. The Morgan fingerprint density at radius 1 is 1.16 bits per heavy atom. The molecule has 1 aliphatic heterocycles. The van der Waals surface area contributed by atoms with Crippen LogP contribution in [0.3, 0.4) is 0 Å². The number of alkyl halides is 3. The first-order valence-corrected chi connectivity index (χ1v) is 12.7. The second-order valence-electron chi connectivity index (χ2n) is 10.5. The summed E-state index contributed by atoms with van der Waals surface area (Å²) in [6, 6.07) is 0.0536. The Morgan fingerprint density at radius 2 is 1.97 bits per heavy atom. The van der Waals surface area contributed by atoms with Crippen molar-refractivity contribution in [2.45, 2.75) is 96.1 Å². The topological polar surface area (TPSA) is 112 Å². The zero-order valence-corrected chi connectivity index (χ0v) is 21.5. The number of allylic oxidation sites excluding steroid dienone is 1. The van der Waals surface area contributed by atoms with E-state index in [0.717, 1.165) is 48.9 Å². The van der Waals surface area contributed by atoms with Gasteiger partial charge in [-0.2, -0.15) is 18.3 Å². The maximum absolute atomic E-state index is 12.5. The number of hydrogen-bond donors (Lipinski definition) is 4. The van der Waals surface area contributed by atoms with Gasteiger partial charge in [0, 0.05) is 18.4 Å². The maximum Gasteiger partial charge on any atom is 0.401 e. The smallest absolute Gasteiger partial charge is 0.389 e. The number of aromatic nitrogens is 4. The molecule has 3 heterocycles. The Balaban J connectivity index is 1.44. The Kier molecular flexibility index (Phi) is 8.52. The molecule has 3 atom stereocenters. The predicted octanol–water partition coefficient (Wildman–Crippen LogP) is 4.03. The largest absolute Gasteiger partial charge is 0.401 e. The fourth-order valence-electron chi connectivity index (χ4n) is 4.49. The molecular weight excluding hydrogens is 487 g/mol. The molecule has 2 aromatic heterocycles. The van der Waals surface area contributed by atoms with Crippen molar-refractivity contribution in [3.05, 3.63) is 35.9 Å². The lowest BCUT2D eigenvalue weighted by Gasteiger charge is -2.20. The number of anilines is 2. The van der Waals surface area contributed by atoms with Crippen molar-refractivity contribution in [1.82, 2.24) is 30.4 Å². The van der Waals surface area contributed by atoms with Gasteiger partial charge in [0.05, 0.1) is 36.3 Å². The van der Waals surface area contributed by atoms with Crippen LogP contribution in [0, 0.1) is 6.92 Å². The first kappa shape index (κ1) is 27.5. The van der Waals surface area contributed by atoms with E-state index in [9.17, 15) is 18.3 Å². The molecule has 204 valence electrons. The number of halogens is 3. The first-order chi connectivity index (χ1) is 17.4. The lowest BCUT2D eigenvalue weighted by Crippen LogP contribution is -2.38. The predicted molar refractivity (Wildman–Crippen MR) is 134 cm³/mol. The third kappa shape index (κ3) is 8.77. The standard InChI is InChI=1S/C25H36F3N7O2/c1-16-11-29-23(33-19-12-31-35(13-19)15-24(2,3)36)34-20(16)17-8-6-4-5-7-9-18(10-17)32-22-21(37-22)30-14-25(26,27)28/h8,11-13,18,21-22,30,32,36H,4-7,9-10,14-15H2,1-3H3,(H,29,33,34)/b17-8+/t18-,21?,22?/m0/s1. The van der Waals surface area contributed by atoms with E-state index < -0.39 is 30.8 Å². The van der Waals surface area contributed by atoms with Gasteiger partial charge in [-0.05, 0) is 57.6 Å². The Hall–Kier alpha value is -2.54. The van der Waals surface area contributed by atoms with E-state index in [1.165, 1.54) is 0 Å². The summed E-state index contributed by atoms with van der Waals surface area (Å²) in [7, 11) is 0. The maximum atomic E-state index is 12.5. The van der Waals surface area contributed by atoms with Gasteiger partial charge in [0.1, 0.15) is 0 Å². The van der Waals surface area contributed by atoms with Gasteiger partial charge in [-0.25, -0.2) is 9.97 Å². The normalized spacial score (nSPS) is 24.5. The Labute approximate surface area is 214 Å². The molecule has 0 radical (unpaired) electrons. The average molecular weight is 524 g/mol. The fourth-order valence-corrected chi connectivity index (χ4v) is 4.49. The summed E-state index contributed by atoms with van der Waals surface area (Å²) in [6.45, 7) is 4.69. The van der Waals surface area contributed by atoms with E-state index in [1.54, 1.807) is 37.1 Å². The second kappa shape index (κ2) is 11.5. The molecule has 4 N–H and O–H groups in total. The average Bonchev–Trinajstić information content (AvgIpc) is 3.36. The molecule has 9 nitrogen and oxygen atoms in total. The summed E-state index contributed by atoms with van der Waals surface area (Å²) < 4.78 is 44.6. The third-order valence-corrected chi connectivity index (χ3v) is 6.22. The molecule has 37 heavy (non-hydrogen) atoms. The summed E-state index contributed by atoms with van der Waals surface area (Å²) in [5, 5.41) is 23.3. The molecule has 2 unspecified atom stereocenters. The van der Waals surface area contributed by atoms with Crippen LogP contribution < -0.4 is 16.0 Å². The van der Waals surface area contributed by atoms with E-state index in [1.807, 2.05) is 6.92 Å². The number of ether oxygens (including phenoxy) is 1. The molecule has 2 aromatic rings. The van der Waals surface area contributed by atoms with E-state index in [-0.39, 0.29) is 6.04 Å². The summed E-state index contributed by atoms with van der Waals surface area (Å²) >= 11 is 0. The lowest BCUT2D eigenvalue weighted by molar-refractivity contribution is -0.126. The van der Waals surface area contributed by atoms with Crippen molar-refractivity contribution in [2.24, 2.45) is 0 Å². The summed E-state index contributed by atoms with van der Waals surface area (Å²) in [5.74, 6) is 0.440. The molecule has 0 aromatic carbocycles. The van der Waals surface area contributed by atoms with Crippen molar-refractivity contribution in [3.63, 3.8) is 0 Å². The highest BCUT2D eigenvalue weighted by molar-refractivity contribution is 5.67. The van der Waals surface area contributed by atoms with Gasteiger partial charge >= 0.3 is 6.18 Å². The van der Waals surface area contributed by atoms with Crippen LogP contribution in [0.1, 0.15) is 63.6 Å². The molecule has 1 aliphatic carbocycles. The van der Waals surface area contributed by atoms with Crippen LogP contribution in [0.5, 0.6) is 0 Å². The number of aliphatic hydroxyl groups is 1. The van der Waals surface area contributed by atoms with Crippen molar-refractivity contribution in [2.75, 3.05) is 11.9 Å². The number of epoxide rings is 1. The van der Waals surface area contributed by atoms with Crippen LogP contribution >= 0.6 is 0 Å². The molecule has 4 rings (SSSR count). The molecular formula is C25H36F3N7O2. The van der Waals surface area contributed by atoms with Crippen LogP contribution in [-0.2, 0) is 11.3 Å². The zero-order chi connectivity index (χ0) is 26.6. The van der Waals surface area contributed by atoms with Crippen molar-refractivity contribution >= 4 is 17.2 Å². The highest BCUT2D eigenvalue weighted by Gasteiger charge is 2.42. The molecule has 2 aliphatic rings. The van der Waals surface area contributed by atoms with Crippen LogP contribution in [-0.4, -0.2) is 61.7 Å². The van der Waals surface area contributed by atoms with Crippen LogP contribution in [0.2, 0.25) is 0 Å². The van der Waals surface area contributed by atoms with Crippen LogP contribution in [0.15, 0.2) is 24.7 Å². The zero-order valence-electron chi connectivity index (χ0n) is 21.5. The highest BCUT2D eigenvalue weighted by Crippen LogP contribution is 2.29. The molecule has 0 saturated carbocycles. The monoisotopic (exact) mass is 523 g/mol. The minimum Gasteiger partial charge on any atom is -0.389 e. The minimum absolute atomic E-state index is 0.0536. The number of nitrogens with one attached hydrogen (secondary N) is 3. The molecule has 0 bridgehead atoms. The minimum atomic E-state index is -4.27. The van der Waals surface area contributed by atoms with Crippen molar-refractivity contribution in [1.29, 1.82) is 0 Å².